The Morgan fingerprint density at radius 2 is 1.29 bits per heavy atom. The normalized spacial score (nSPS) is 17.2. The molecule has 0 spiro atoms. The van der Waals surface area contributed by atoms with Gasteiger partial charge in [0.2, 0.25) is 0 Å². The predicted molar refractivity (Wildman–Crippen MR) is 237 cm³/mol. The van der Waals surface area contributed by atoms with Crippen LogP contribution in [0.1, 0.15) is 63.6 Å². The van der Waals surface area contributed by atoms with Gasteiger partial charge in [-0.1, -0.05) is 156 Å². The third-order valence-corrected chi connectivity index (χ3v) is 12.1. The van der Waals surface area contributed by atoms with E-state index in [2.05, 4.69) is 209 Å². The second-order valence-electron chi connectivity index (χ2n) is 16.3. The monoisotopic (exact) mass is 716 g/mol. The van der Waals surface area contributed by atoms with E-state index in [1.165, 1.54) is 66.5 Å². The Morgan fingerprint density at radius 3 is 1.96 bits per heavy atom. The van der Waals surface area contributed by atoms with Crippen molar-refractivity contribution >= 4 is 38.6 Å². The van der Waals surface area contributed by atoms with Gasteiger partial charge in [-0.15, -0.1) is 0 Å². The maximum Gasteiger partial charge on any atom is 0.0525 e. The van der Waals surface area contributed by atoms with Crippen LogP contribution in [0.3, 0.4) is 0 Å². The third kappa shape index (κ3) is 6.44. The molecule has 0 fully saturated rings. The average molecular weight is 717 g/mol. The van der Waals surface area contributed by atoms with Gasteiger partial charge in [-0.05, 0) is 118 Å². The molecule has 6 aromatic rings. The first-order valence-electron chi connectivity index (χ1n) is 19.7. The molecule has 0 N–H and O–H groups in total. The molecule has 0 aromatic heterocycles. The lowest BCUT2D eigenvalue weighted by atomic mass is 9.74. The predicted octanol–water partition coefficient (Wildman–Crippen LogP) is 14.2. The lowest BCUT2D eigenvalue weighted by Gasteiger charge is -2.34. The van der Waals surface area contributed by atoms with Gasteiger partial charge >= 0.3 is 0 Å². The summed E-state index contributed by atoms with van der Waals surface area (Å²) in [5.74, 6) is 0. The van der Waals surface area contributed by atoms with Crippen molar-refractivity contribution in [2.24, 2.45) is 0 Å². The van der Waals surface area contributed by atoms with Gasteiger partial charge in [-0.2, -0.15) is 0 Å². The van der Waals surface area contributed by atoms with Crippen molar-refractivity contribution in [3.05, 3.63) is 209 Å². The van der Waals surface area contributed by atoms with E-state index < -0.39 is 0 Å². The molecule has 2 heteroatoms. The van der Waals surface area contributed by atoms with E-state index >= 15 is 0 Å². The van der Waals surface area contributed by atoms with Gasteiger partial charge in [0.15, 0.2) is 0 Å². The average Bonchev–Trinajstić information content (AvgIpc) is 3.40. The highest BCUT2D eigenvalue weighted by molar-refractivity contribution is 5.95. The number of anilines is 3. The summed E-state index contributed by atoms with van der Waals surface area (Å²) in [5, 5.41) is 5.19. The smallest absolute Gasteiger partial charge is 0.0525 e. The highest BCUT2D eigenvalue weighted by Crippen LogP contribution is 2.50. The second kappa shape index (κ2) is 14.4. The van der Waals surface area contributed by atoms with Crippen molar-refractivity contribution in [1.29, 1.82) is 0 Å². The quantitative estimate of drug-likeness (QED) is 0.145. The molecule has 55 heavy (non-hydrogen) atoms. The van der Waals surface area contributed by atoms with Crippen LogP contribution >= 0.6 is 0 Å². The van der Waals surface area contributed by atoms with Crippen molar-refractivity contribution in [2.75, 3.05) is 16.8 Å². The number of fused-ring (bicyclic) bond motifs is 4. The van der Waals surface area contributed by atoms with E-state index in [1.807, 2.05) is 0 Å². The van der Waals surface area contributed by atoms with Crippen molar-refractivity contribution in [2.45, 2.75) is 64.7 Å². The first-order chi connectivity index (χ1) is 26.6. The standard InChI is InChI=1S/C53H52N2/c1-37-29-31-39-19-14-16-27-45(39)49(37)52(3,4)38(2)30-32-41-21-18-22-42(51(41)55(43-23-10-8-11-24-43)44-25-12-9-13-26-44)34-36-48-53(5,6)50-46-28-17-15-20-40(46)33-35-47(50)54(48)7/h8-17,19-20,23-36H,2,18,21-22H2,1,3-7H3/b32-30+,42-34+,48-36-. The molecule has 1 aliphatic carbocycles. The van der Waals surface area contributed by atoms with Gasteiger partial charge in [0.1, 0.15) is 0 Å². The van der Waals surface area contributed by atoms with Crippen LogP contribution in [0.25, 0.3) is 21.5 Å². The summed E-state index contributed by atoms with van der Waals surface area (Å²) >= 11 is 0. The Morgan fingerprint density at radius 1 is 0.709 bits per heavy atom. The Labute approximate surface area is 328 Å². The fraction of sp³-hybridized carbons (Fsp3) is 0.208. The van der Waals surface area contributed by atoms with Gasteiger partial charge in [-0.25, -0.2) is 0 Å². The SMILES string of the molecule is C=C(/C=C/C1=C(N(c2ccccc2)c2ccccc2)C(=C/C=C2\N(C)c3ccc4ccccc4c3C2(C)C)/CCC1)C(C)(C)c1c(C)ccc2ccccc12. The number of nitrogens with zero attached hydrogens (tertiary/aromatic N) is 2. The first kappa shape index (κ1) is 36.1. The topological polar surface area (TPSA) is 6.48 Å². The van der Waals surface area contributed by atoms with Crippen LogP contribution in [-0.2, 0) is 10.8 Å². The Hall–Kier alpha value is -5.86. The molecule has 2 nitrogen and oxygen atoms in total. The molecule has 2 aliphatic rings. The highest BCUT2D eigenvalue weighted by Gasteiger charge is 2.39. The number of benzene rings is 6. The molecule has 0 saturated carbocycles. The van der Waals surface area contributed by atoms with Crippen LogP contribution in [0.4, 0.5) is 17.1 Å². The molecule has 0 unspecified atom stereocenters. The van der Waals surface area contributed by atoms with Crippen LogP contribution in [0.2, 0.25) is 0 Å². The lowest BCUT2D eigenvalue weighted by molar-refractivity contribution is 0.643. The molecule has 1 aliphatic heterocycles. The molecule has 274 valence electrons. The number of para-hydroxylation sites is 2. The number of likely N-dealkylation sites (N-methyl/N-ethyl adjacent to an activating group) is 1. The summed E-state index contributed by atoms with van der Waals surface area (Å²) < 4.78 is 0. The number of hydrogen-bond donors (Lipinski definition) is 0. The molecule has 0 saturated heterocycles. The molecular formula is C53H52N2. The highest BCUT2D eigenvalue weighted by atomic mass is 15.2. The molecule has 0 atom stereocenters. The van der Waals surface area contributed by atoms with Gasteiger partial charge in [-0.3, -0.25) is 0 Å². The Kier molecular flexibility index (Phi) is 9.47. The maximum absolute atomic E-state index is 4.74. The van der Waals surface area contributed by atoms with Crippen LogP contribution in [0, 0.1) is 6.92 Å². The summed E-state index contributed by atoms with van der Waals surface area (Å²) in [6.07, 6.45) is 12.5. The van der Waals surface area contributed by atoms with E-state index in [4.69, 9.17) is 6.58 Å². The summed E-state index contributed by atoms with van der Waals surface area (Å²) in [7, 11) is 2.23. The molecule has 0 bridgehead atoms. The van der Waals surface area contributed by atoms with Crippen LogP contribution < -0.4 is 9.80 Å². The zero-order valence-electron chi connectivity index (χ0n) is 33.2. The Balaban J connectivity index is 1.27. The zero-order chi connectivity index (χ0) is 38.3. The van der Waals surface area contributed by atoms with E-state index in [1.54, 1.807) is 0 Å². The molecule has 1 heterocycles. The van der Waals surface area contributed by atoms with Gasteiger partial charge in [0.25, 0.3) is 0 Å². The maximum atomic E-state index is 4.74. The fourth-order valence-corrected chi connectivity index (χ4v) is 9.24. The summed E-state index contributed by atoms with van der Waals surface area (Å²) in [4.78, 5) is 4.87. The van der Waals surface area contributed by atoms with E-state index in [0.29, 0.717) is 0 Å². The summed E-state index contributed by atoms with van der Waals surface area (Å²) in [6, 6.07) is 48.3. The number of allylic oxidation sites excluding steroid dienone is 8. The second-order valence-corrected chi connectivity index (χ2v) is 16.3. The van der Waals surface area contributed by atoms with Gasteiger partial charge in [0, 0.05) is 40.6 Å². The molecule has 6 aromatic carbocycles. The fourth-order valence-electron chi connectivity index (χ4n) is 9.24. The summed E-state index contributed by atoms with van der Waals surface area (Å²) in [6.45, 7) is 16.4. The lowest BCUT2D eigenvalue weighted by Crippen LogP contribution is -2.24. The third-order valence-electron chi connectivity index (χ3n) is 12.1. The van der Waals surface area contributed by atoms with Crippen molar-refractivity contribution in [1.82, 2.24) is 0 Å². The molecular weight excluding hydrogens is 665 g/mol. The van der Waals surface area contributed by atoms with Crippen LogP contribution in [0.5, 0.6) is 0 Å². The first-order valence-corrected chi connectivity index (χ1v) is 19.7. The number of hydrogen-bond acceptors (Lipinski definition) is 2. The molecule has 8 rings (SSSR count). The minimum Gasteiger partial charge on any atom is -0.347 e. The summed E-state index contributed by atoms with van der Waals surface area (Å²) in [5.41, 5.74) is 13.5. The van der Waals surface area contributed by atoms with E-state index in [0.717, 1.165) is 36.2 Å². The van der Waals surface area contributed by atoms with Crippen LogP contribution in [-0.4, -0.2) is 7.05 Å². The zero-order valence-corrected chi connectivity index (χ0v) is 33.2. The minimum atomic E-state index is -0.268. The van der Waals surface area contributed by atoms with Crippen molar-refractivity contribution in [3.63, 3.8) is 0 Å². The van der Waals surface area contributed by atoms with E-state index in [-0.39, 0.29) is 10.8 Å². The number of aryl methyl sites for hydroxylation is 1. The van der Waals surface area contributed by atoms with Gasteiger partial charge < -0.3 is 9.80 Å². The van der Waals surface area contributed by atoms with Crippen molar-refractivity contribution in [3.8, 4) is 0 Å². The largest absolute Gasteiger partial charge is 0.347 e. The van der Waals surface area contributed by atoms with Crippen molar-refractivity contribution < 1.29 is 0 Å². The van der Waals surface area contributed by atoms with Crippen LogP contribution in [0.15, 0.2) is 192 Å². The molecule has 0 amide bonds. The minimum absolute atomic E-state index is 0.162. The number of rotatable bonds is 8. The van der Waals surface area contributed by atoms with Gasteiger partial charge in [0.05, 0.1) is 5.70 Å². The molecule has 0 radical (unpaired) electrons. The Bertz CT molecular complexity index is 2500. The van der Waals surface area contributed by atoms with E-state index in [9.17, 15) is 0 Å².